The lowest BCUT2D eigenvalue weighted by Gasteiger charge is -2.36. The molecule has 164 valence electrons. The fraction of sp³-hybridized carbons (Fsp3) is 0.455. The van der Waals surface area contributed by atoms with E-state index in [1.165, 1.54) is 0 Å². The Morgan fingerprint density at radius 3 is 2.77 bits per heavy atom. The van der Waals surface area contributed by atoms with Crippen molar-refractivity contribution in [2.45, 2.75) is 33.2 Å². The Morgan fingerprint density at radius 2 is 2.10 bits per heavy atom. The molecule has 1 aliphatic rings. The van der Waals surface area contributed by atoms with Crippen molar-refractivity contribution in [3.8, 4) is 17.1 Å². The van der Waals surface area contributed by atoms with Gasteiger partial charge in [-0.2, -0.15) is 5.10 Å². The van der Waals surface area contributed by atoms with Crippen LogP contribution in [0.5, 0.6) is 5.75 Å². The summed E-state index contributed by atoms with van der Waals surface area (Å²) in [6.45, 7) is 6.16. The predicted molar refractivity (Wildman–Crippen MR) is 116 cm³/mol. The Balaban J connectivity index is 1.73. The van der Waals surface area contributed by atoms with Gasteiger partial charge in [-0.1, -0.05) is 19.4 Å². The van der Waals surface area contributed by atoms with Gasteiger partial charge in [0.1, 0.15) is 17.1 Å². The van der Waals surface area contributed by atoms with E-state index in [1.54, 1.807) is 11.7 Å². The van der Waals surface area contributed by atoms with Crippen LogP contribution >= 0.6 is 0 Å². The molecule has 1 fully saturated rings. The predicted octanol–water partition coefficient (Wildman–Crippen LogP) is 2.19. The molecule has 1 aliphatic heterocycles. The second-order valence-electron chi connectivity index (χ2n) is 7.92. The first-order chi connectivity index (χ1) is 14.9. The van der Waals surface area contributed by atoms with Crippen LogP contribution in [0.1, 0.15) is 31.5 Å². The van der Waals surface area contributed by atoms with Crippen molar-refractivity contribution in [2.24, 2.45) is 13.0 Å². The van der Waals surface area contributed by atoms with Gasteiger partial charge in [-0.25, -0.2) is 4.98 Å². The quantitative estimate of drug-likeness (QED) is 0.569. The van der Waals surface area contributed by atoms with E-state index in [-0.39, 0.29) is 11.5 Å². The highest BCUT2D eigenvalue weighted by molar-refractivity contribution is 5.80. The number of carbonyl (C=O) groups is 1. The maximum atomic E-state index is 12.8. The van der Waals surface area contributed by atoms with Crippen molar-refractivity contribution >= 4 is 17.0 Å². The van der Waals surface area contributed by atoms with Crippen molar-refractivity contribution in [1.82, 2.24) is 24.6 Å². The molecule has 2 aromatic heterocycles. The lowest BCUT2D eigenvalue weighted by molar-refractivity contribution is -0.147. The van der Waals surface area contributed by atoms with Gasteiger partial charge in [-0.05, 0) is 31.0 Å². The van der Waals surface area contributed by atoms with E-state index >= 15 is 0 Å². The third-order valence-corrected chi connectivity index (χ3v) is 5.56. The number of H-pyrrole nitrogens is 1. The molecule has 9 nitrogen and oxygen atoms in total. The topological polar surface area (TPSA) is 113 Å². The molecule has 1 saturated heterocycles. The summed E-state index contributed by atoms with van der Waals surface area (Å²) in [4.78, 5) is 33.6. The number of hydrogen-bond donors (Lipinski definition) is 2. The third kappa shape index (κ3) is 4.05. The zero-order valence-electron chi connectivity index (χ0n) is 18.0. The molecule has 2 N–H and O–H groups in total. The lowest BCUT2D eigenvalue weighted by atomic mass is 9.99. The normalized spacial score (nSPS) is 14.7. The van der Waals surface area contributed by atoms with E-state index in [4.69, 9.17) is 14.8 Å². The molecule has 1 aromatic carbocycles. The first-order valence-corrected chi connectivity index (χ1v) is 10.6. The molecule has 0 radical (unpaired) electrons. The van der Waals surface area contributed by atoms with Gasteiger partial charge in [0.15, 0.2) is 5.52 Å². The van der Waals surface area contributed by atoms with E-state index < -0.39 is 5.97 Å². The minimum atomic E-state index is -0.752. The monoisotopic (exact) mass is 425 g/mol. The van der Waals surface area contributed by atoms with Crippen molar-refractivity contribution < 1.29 is 14.6 Å². The van der Waals surface area contributed by atoms with Gasteiger partial charge in [-0.15, -0.1) is 0 Å². The highest BCUT2D eigenvalue weighted by Crippen LogP contribution is 2.31. The van der Waals surface area contributed by atoms with Crippen molar-refractivity contribution in [3.63, 3.8) is 0 Å². The molecule has 0 spiro atoms. The summed E-state index contributed by atoms with van der Waals surface area (Å²) in [5.41, 5.74) is 3.36. The summed E-state index contributed by atoms with van der Waals surface area (Å²) in [6.07, 6.45) is 1.65. The van der Waals surface area contributed by atoms with Crippen LogP contribution in [0, 0.1) is 5.92 Å². The van der Waals surface area contributed by atoms with E-state index in [0.717, 1.165) is 24.1 Å². The number of aryl methyl sites for hydroxylation is 2. The summed E-state index contributed by atoms with van der Waals surface area (Å²) in [6, 6.07) is 5.80. The van der Waals surface area contributed by atoms with E-state index in [9.17, 15) is 9.59 Å². The van der Waals surface area contributed by atoms with E-state index in [1.807, 2.05) is 25.1 Å². The number of aromatic nitrogens is 4. The smallest absolute Gasteiger partial charge is 0.309 e. The van der Waals surface area contributed by atoms with Crippen LogP contribution in [-0.2, 0) is 24.8 Å². The number of aromatic amines is 1. The summed E-state index contributed by atoms with van der Waals surface area (Å²) in [7, 11) is 1.75. The molecular formula is C22H27N5O4. The van der Waals surface area contributed by atoms with Gasteiger partial charge in [-0.3, -0.25) is 19.2 Å². The molecule has 0 unspecified atom stereocenters. The Hall–Kier alpha value is -3.20. The van der Waals surface area contributed by atoms with Gasteiger partial charge in [0, 0.05) is 26.7 Å². The van der Waals surface area contributed by atoms with Gasteiger partial charge in [0.2, 0.25) is 0 Å². The molecule has 0 saturated carbocycles. The van der Waals surface area contributed by atoms with Gasteiger partial charge < -0.3 is 14.8 Å². The first-order valence-electron chi connectivity index (χ1n) is 10.6. The van der Waals surface area contributed by atoms with E-state index in [0.29, 0.717) is 54.4 Å². The Bertz CT molecular complexity index is 1180. The lowest BCUT2D eigenvalue weighted by Crippen LogP contribution is -2.49. The summed E-state index contributed by atoms with van der Waals surface area (Å²) in [5, 5.41) is 13.6. The fourth-order valence-electron chi connectivity index (χ4n) is 4.03. The maximum Gasteiger partial charge on any atom is 0.309 e. The molecule has 0 aliphatic carbocycles. The van der Waals surface area contributed by atoms with E-state index in [2.05, 4.69) is 21.9 Å². The van der Waals surface area contributed by atoms with Crippen LogP contribution < -0.4 is 10.3 Å². The molecule has 3 aromatic rings. The summed E-state index contributed by atoms with van der Waals surface area (Å²) >= 11 is 0. The average Bonchev–Trinajstić information content (AvgIpc) is 3.01. The van der Waals surface area contributed by atoms with Crippen LogP contribution in [0.3, 0.4) is 0 Å². The zero-order valence-corrected chi connectivity index (χ0v) is 18.0. The number of ether oxygens (including phenoxy) is 1. The number of hydrogen-bond acceptors (Lipinski definition) is 6. The first kappa shape index (κ1) is 21.0. The molecule has 3 heterocycles. The Morgan fingerprint density at radius 1 is 1.32 bits per heavy atom. The molecular weight excluding hydrogens is 398 g/mol. The number of carboxylic acids is 1. The standard InChI is InChI=1S/C22H27N5O4/c1-4-6-16-18-19(26(3)25-16)21(28)24-20(23-18)15-9-13(7-8-17(15)31-5-2)10-27-11-14(12-27)22(29)30/h7-9,14H,4-6,10-12H2,1-3H3,(H,29,30)(H,23,24,28). The highest BCUT2D eigenvalue weighted by Gasteiger charge is 2.32. The number of carboxylic acid groups (broad SMARTS) is 1. The number of nitrogens with zero attached hydrogens (tertiary/aromatic N) is 4. The number of nitrogens with one attached hydrogen (secondary N) is 1. The van der Waals surface area contributed by atoms with Gasteiger partial charge in [0.05, 0.1) is 23.8 Å². The van der Waals surface area contributed by atoms with Crippen LogP contribution in [0.2, 0.25) is 0 Å². The fourth-order valence-corrected chi connectivity index (χ4v) is 4.03. The SMILES string of the molecule is CCCc1nn(C)c2c(=O)[nH]c(-c3cc(CN4CC(C(=O)O)C4)ccc3OCC)nc12. The molecule has 9 heteroatoms. The van der Waals surface area contributed by atoms with Gasteiger partial charge >= 0.3 is 5.97 Å². The molecule has 0 bridgehead atoms. The van der Waals surface area contributed by atoms with Crippen molar-refractivity contribution in [2.75, 3.05) is 19.7 Å². The van der Waals surface area contributed by atoms with Crippen molar-refractivity contribution in [1.29, 1.82) is 0 Å². The highest BCUT2D eigenvalue weighted by atomic mass is 16.5. The van der Waals surface area contributed by atoms with Crippen LogP contribution in [0.25, 0.3) is 22.4 Å². The number of fused-ring (bicyclic) bond motifs is 1. The average molecular weight is 425 g/mol. The second-order valence-corrected chi connectivity index (χ2v) is 7.92. The second kappa shape index (κ2) is 8.50. The largest absolute Gasteiger partial charge is 0.493 e. The summed E-state index contributed by atoms with van der Waals surface area (Å²) in [5.74, 6) is 0.0325. The number of benzene rings is 1. The van der Waals surface area contributed by atoms with Crippen LogP contribution in [0.15, 0.2) is 23.0 Å². The molecule has 31 heavy (non-hydrogen) atoms. The maximum absolute atomic E-state index is 12.8. The number of rotatable bonds is 8. The van der Waals surface area contributed by atoms with Crippen molar-refractivity contribution in [3.05, 3.63) is 39.8 Å². The minimum Gasteiger partial charge on any atom is -0.493 e. The molecule has 0 atom stereocenters. The third-order valence-electron chi connectivity index (χ3n) is 5.56. The van der Waals surface area contributed by atoms with Gasteiger partial charge in [0.25, 0.3) is 5.56 Å². The zero-order chi connectivity index (χ0) is 22.1. The van der Waals surface area contributed by atoms with Crippen LogP contribution in [-0.4, -0.2) is 55.4 Å². The molecule has 4 rings (SSSR count). The number of aliphatic carboxylic acids is 1. The Labute approximate surface area is 179 Å². The Kier molecular flexibility index (Phi) is 5.77. The number of likely N-dealkylation sites (tertiary alicyclic amines) is 1. The minimum absolute atomic E-state index is 0.239. The van der Waals surface area contributed by atoms with Crippen LogP contribution in [0.4, 0.5) is 0 Å². The summed E-state index contributed by atoms with van der Waals surface area (Å²) < 4.78 is 7.38. The molecule has 0 amide bonds.